The molecule has 0 saturated carbocycles. The normalized spacial score (nSPS) is 17.6. The van der Waals surface area contributed by atoms with Crippen LogP contribution < -0.4 is 14.2 Å². The molecular formula is C22H22F2N4O6. The maximum absolute atomic E-state index is 13.1. The molecule has 2 aliphatic rings. The number of piperazine rings is 1. The van der Waals surface area contributed by atoms with E-state index in [1.54, 1.807) is 16.7 Å². The maximum atomic E-state index is 13.1. The summed E-state index contributed by atoms with van der Waals surface area (Å²) in [4.78, 5) is 36.3. The fraction of sp³-hybridized carbons (Fsp3) is 0.364. The molecule has 3 heterocycles. The van der Waals surface area contributed by atoms with Crippen LogP contribution in [0.3, 0.4) is 0 Å². The second kappa shape index (κ2) is 9.59. The number of alkyl halides is 2. The van der Waals surface area contributed by atoms with E-state index >= 15 is 0 Å². The molecule has 0 radical (unpaired) electrons. The van der Waals surface area contributed by atoms with Crippen LogP contribution in [0.4, 0.5) is 8.78 Å². The lowest BCUT2D eigenvalue weighted by atomic mass is 10.2. The van der Waals surface area contributed by atoms with Crippen molar-refractivity contribution in [2.75, 3.05) is 32.8 Å². The number of carbonyl (C=O) groups excluding carboxylic acids is 2. The van der Waals surface area contributed by atoms with Crippen molar-refractivity contribution in [3.8, 4) is 17.4 Å². The highest BCUT2D eigenvalue weighted by molar-refractivity contribution is 5.94. The molecule has 1 atom stereocenters. The first-order chi connectivity index (χ1) is 16.2. The summed E-state index contributed by atoms with van der Waals surface area (Å²) in [6.07, 6.45) is -0.329. The zero-order valence-electron chi connectivity index (χ0n) is 18.2. The van der Waals surface area contributed by atoms with Gasteiger partial charge >= 0.3 is 6.29 Å². The minimum atomic E-state index is -3.70. The number of hydrogen-bond donors (Lipinski definition) is 1. The van der Waals surface area contributed by atoms with Gasteiger partial charge in [-0.05, 0) is 30.7 Å². The number of aromatic nitrogens is 2. The Morgan fingerprint density at radius 2 is 1.85 bits per heavy atom. The molecule has 1 aromatic heterocycles. The van der Waals surface area contributed by atoms with Crippen LogP contribution in [-0.4, -0.2) is 81.9 Å². The number of rotatable bonds is 6. The lowest BCUT2D eigenvalue weighted by Gasteiger charge is -2.34. The van der Waals surface area contributed by atoms with Crippen molar-refractivity contribution in [3.05, 3.63) is 47.9 Å². The zero-order valence-corrected chi connectivity index (χ0v) is 18.2. The van der Waals surface area contributed by atoms with Crippen molar-refractivity contribution >= 4 is 17.9 Å². The van der Waals surface area contributed by atoms with Gasteiger partial charge in [-0.1, -0.05) is 6.07 Å². The first-order valence-corrected chi connectivity index (χ1v) is 10.5. The van der Waals surface area contributed by atoms with Crippen LogP contribution in [0.25, 0.3) is 6.08 Å². The molecule has 1 aromatic carbocycles. The average Bonchev–Trinajstić information content (AvgIpc) is 3.14. The average molecular weight is 476 g/mol. The SMILES string of the molecule is CC(O)COc1cc(C(=O)N2CCN(C(=O)C=Cc3ccc4c(c3)OC(F)(F)O4)CC2)ncn1. The third kappa shape index (κ3) is 5.57. The Labute approximate surface area is 193 Å². The molecule has 34 heavy (non-hydrogen) atoms. The molecule has 10 nitrogen and oxygen atoms in total. The smallest absolute Gasteiger partial charge is 0.475 e. The Hall–Kier alpha value is -3.80. The van der Waals surface area contributed by atoms with Crippen LogP contribution in [0.15, 0.2) is 36.7 Å². The van der Waals surface area contributed by atoms with Crippen LogP contribution in [0.5, 0.6) is 17.4 Å². The van der Waals surface area contributed by atoms with E-state index in [0.29, 0.717) is 31.7 Å². The predicted octanol–water partition coefficient (Wildman–Crippen LogP) is 1.56. The van der Waals surface area contributed by atoms with Gasteiger partial charge in [0.2, 0.25) is 11.8 Å². The summed E-state index contributed by atoms with van der Waals surface area (Å²) in [5.74, 6) is -0.573. The summed E-state index contributed by atoms with van der Waals surface area (Å²) in [5, 5.41) is 9.31. The first-order valence-electron chi connectivity index (χ1n) is 10.5. The minimum Gasteiger partial charge on any atom is -0.475 e. The number of nitrogens with zero attached hydrogens (tertiary/aromatic N) is 4. The summed E-state index contributed by atoms with van der Waals surface area (Å²) in [6, 6.07) is 5.65. The van der Waals surface area contributed by atoms with Gasteiger partial charge in [-0.15, -0.1) is 8.78 Å². The Morgan fingerprint density at radius 3 is 2.59 bits per heavy atom. The van der Waals surface area contributed by atoms with Gasteiger partial charge in [-0.25, -0.2) is 9.97 Å². The molecule has 2 amide bonds. The van der Waals surface area contributed by atoms with Crippen molar-refractivity contribution in [2.45, 2.75) is 19.3 Å². The largest absolute Gasteiger partial charge is 0.586 e. The molecule has 1 N–H and O–H groups in total. The molecule has 180 valence electrons. The molecule has 0 bridgehead atoms. The Bertz CT molecular complexity index is 1100. The maximum Gasteiger partial charge on any atom is 0.586 e. The van der Waals surface area contributed by atoms with E-state index < -0.39 is 12.4 Å². The number of halogens is 2. The number of hydrogen-bond acceptors (Lipinski definition) is 8. The Balaban J connectivity index is 1.30. The van der Waals surface area contributed by atoms with Crippen LogP contribution in [0, 0.1) is 0 Å². The summed E-state index contributed by atoms with van der Waals surface area (Å²) in [6.45, 7) is 2.87. The van der Waals surface area contributed by atoms with E-state index in [1.807, 2.05) is 0 Å². The van der Waals surface area contributed by atoms with Gasteiger partial charge < -0.3 is 29.1 Å². The van der Waals surface area contributed by atoms with E-state index in [-0.39, 0.29) is 41.5 Å². The third-order valence-corrected chi connectivity index (χ3v) is 5.06. The molecule has 2 aromatic rings. The molecule has 0 aliphatic carbocycles. The van der Waals surface area contributed by atoms with E-state index in [4.69, 9.17) is 4.74 Å². The summed E-state index contributed by atoms with van der Waals surface area (Å²) in [7, 11) is 0. The molecule has 12 heteroatoms. The monoisotopic (exact) mass is 476 g/mol. The highest BCUT2D eigenvalue weighted by Crippen LogP contribution is 2.41. The lowest BCUT2D eigenvalue weighted by molar-refractivity contribution is -0.286. The van der Waals surface area contributed by atoms with Gasteiger partial charge in [0, 0.05) is 38.3 Å². The van der Waals surface area contributed by atoms with Gasteiger partial charge in [-0.2, -0.15) is 0 Å². The molecule has 1 unspecified atom stereocenters. The fourth-order valence-corrected chi connectivity index (χ4v) is 3.38. The second-order valence-electron chi connectivity index (χ2n) is 7.73. The van der Waals surface area contributed by atoms with Crippen molar-refractivity contribution in [1.82, 2.24) is 19.8 Å². The lowest BCUT2D eigenvalue weighted by Crippen LogP contribution is -2.50. The van der Waals surface area contributed by atoms with Gasteiger partial charge in [0.15, 0.2) is 11.5 Å². The third-order valence-electron chi connectivity index (χ3n) is 5.06. The number of aliphatic hydroxyl groups excluding tert-OH is 1. The number of ether oxygens (including phenoxy) is 3. The topological polar surface area (TPSA) is 114 Å². The van der Waals surface area contributed by atoms with Gasteiger partial charge in [0.1, 0.15) is 18.6 Å². The molecule has 4 rings (SSSR count). The Kier molecular flexibility index (Phi) is 6.59. The van der Waals surface area contributed by atoms with Crippen molar-refractivity contribution < 1.29 is 37.7 Å². The van der Waals surface area contributed by atoms with Crippen LogP contribution in [0.1, 0.15) is 23.0 Å². The molecule has 2 aliphatic heterocycles. The van der Waals surface area contributed by atoms with Gasteiger partial charge in [0.05, 0.1) is 6.10 Å². The molecule has 0 spiro atoms. The molecule has 1 saturated heterocycles. The quantitative estimate of drug-likeness (QED) is 0.625. The Morgan fingerprint density at radius 1 is 1.15 bits per heavy atom. The number of fused-ring (bicyclic) bond motifs is 1. The number of benzene rings is 1. The highest BCUT2D eigenvalue weighted by atomic mass is 19.3. The highest BCUT2D eigenvalue weighted by Gasteiger charge is 2.43. The van der Waals surface area contributed by atoms with Crippen LogP contribution >= 0.6 is 0 Å². The van der Waals surface area contributed by atoms with Crippen molar-refractivity contribution in [2.24, 2.45) is 0 Å². The minimum absolute atomic E-state index is 0.0394. The number of amides is 2. The van der Waals surface area contributed by atoms with Crippen molar-refractivity contribution in [3.63, 3.8) is 0 Å². The summed E-state index contributed by atoms with van der Waals surface area (Å²) >= 11 is 0. The standard InChI is InChI=1S/C22H22F2N4O6/c1-14(29)12-32-19-11-16(25-13-26-19)21(31)28-8-6-27(7-9-28)20(30)5-3-15-2-4-17-18(10-15)34-22(23,24)33-17/h2-5,10-11,13-14,29H,6-9,12H2,1H3. The fourth-order valence-electron chi connectivity index (χ4n) is 3.38. The van der Waals surface area contributed by atoms with Gasteiger partial charge in [0.25, 0.3) is 5.91 Å². The number of aliphatic hydroxyl groups is 1. The van der Waals surface area contributed by atoms with Crippen LogP contribution in [0.2, 0.25) is 0 Å². The molecular weight excluding hydrogens is 454 g/mol. The van der Waals surface area contributed by atoms with E-state index in [0.717, 1.165) is 0 Å². The first kappa shape index (κ1) is 23.4. The van der Waals surface area contributed by atoms with Crippen molar-refractivity contribution in [1.29, 1.82) is 0 Å². The summed E-state index contributed by atoms with van der Waals surface area (Å²) < 4.78 is 40.3. The van der Waals surface area contributed by atoms with Gasteiger partial charge in [-0.3, -0.25) is 9.59 Å². The zero-order chi connectivity index (χ0) is 24.3. The second-order valence-corrected chi connectivity index (χ2v) is 7.73. The predicted molar refractivity (Wildman–Crippen MR) is 113 cm³/mol. The molecule has 1 fully saturated rings. The van der Waals surface area contributed by atoms with E-state index in [9.17, 15) is 23.5 Å². The van der Waals surface area contributed by atoms with E-state index in [2.05, 4.69) is 19.4 Å². The van der Waals surface area contributed by atoms with E-state index in [1.165, 1.54) is 42.7 Å². The number of carbonyl (C=O) groups is 2. The van der Waals surface area contributed by atoms with Crippen LogP contribution in [-0.2, 0) is 4.79 Å². The summed E-state index contributed by atoms with van der Waals surface area (Å²) in [5.41, 5.74) is 0.656.